The van der Waals surface area contributed by atoms with E-state index in [0.29, 0.717) is 42.6 Å². The van der Waals surface area contributed by atoms with E-state index in [1.54, 1.807) is 35.2 Å². The number of carbonyl (C=O) groups excluding carboxylic acids is 1. The number of hydrogen-bond acceptors (Lipinski definition) is 6. The third-order valence-electron chi connectivity index (χ3n) is 5.15. The summed E-state index contributed by atoms with van der Waals surface area (Å²) in [5.41, 5.74) is 6.73. The first-order valence-corrected chi connectivity index (χ1v) is 12.0. The monoisotopic (exact) mass is 498 g/mol. The van der Waals surface area contributed by atoms with Crippen LogP contribution in [0.4, 0.5) is 10.1 Å². The zero-order valence-electron chi connectivity index (χ0n) is 18.3. The van der Waals surface area contributed by atoms with E-state index in [4.69, 9.17) is 26.3 Å². The van der Waals surface area contributed by atoms with Crippen LogP contribution >= 0.6 is 11.6 Å². The fraction of sp³-hybridized carbons (Fsp3) is 0.409. The summed E-state index contributed by atoms with van der Waals surface area (Å²) in [6.07, 6.45) is 0. The molecule has 2 unspecified atom stereocenters. The molecular weight excluding hydrogens is 471 g/mol. The highest BCUT2D eigenvalue weighted by Crippen LogP contribution is 2.29. The number of anilines is 1. The lowest BCUT2D eigenvalue weighted by molar-refractivity contribution is -0.137. The molecule has 1 heterocycles. The van der Waals surface area contributed by atoms with Gasteiger partial charge in [-0.25, -0.2) is 8.60 Å². The average molecular weight is 499 g/mol. The molecule has 11 heteroatoms. The summed E-state index contributed by atoms with van der Waals surface area (Å²) < 4.78 is 38.5. The quantitative estimate of drug-likeness (QED) is 0.522. The van der Waals surface area contributed by atoms with Gasteiger partial charge in [-0.1, -0.05) is 23.7 Å². The maximum atomic E-state index is 13.1. The van der Waals surface area contributed by atoms with Gasteiger partial charge in [-0.05, 0) is 42.8 Å². The molecule has 2 aromatic rings. The highest BCUT2D eigenvalue weighted by molar-refractivity contribution is 7.81. The van der Waals surface area contributed by atoms with E-state index in [2.05, 4.69) is 9.62 Å². The van der Waals surface area contributed by atoms with Gasteiger partial charge in [0, 0.05) is 43.8 Å². The highest BCUT2D eigenvalue weighted by Gasteiger charge is 2.27. The van der Waals surface area contributed by atoms with Crippen molar-refractivity contribution in [3.8, 4) is 5.75 Å². The first kappa shape index (κ1) is 25.4. The fourth-order valence-corrected chi connectivity index (χ4v) is 4.39. The second-order valence-corrected chi connectivity index (χ2v) is 9.02. The summed E-state index contributed by atoms with van der Waals surface area (Å²) in [7, 11) is 0. The molecule has 0 aromatic heterocycles. The Bertz CT molecular complexity index is 966. The van der Waals surface area contributed by atoms with Crippen LogP contribution in [-0.4, -0.2) is 65.4 Å². The molecule has 2 aromatic carbocycles. The van der Waals surface area contributed by atoms with Crippen LogP contribution in [0.1, 0.15) is 12.5 Å². The van der Waals surface area contributed by atoms with Crippen LogP contribution in [0, 0.1) is 5.82 Å². The number of carbonyl (C=O) groups is 1. The van der Waals surface area contributed by atoms with Crippen LogP contribution in [0.2, 0.25) is 5.02 Å². The second kappa shape index (κ2) is 12.3. The molecule has 2 atom stereocenters. The van der Waals surface area contributed by atoms with E-state index in [1.807, 2.05) is 6.92 Å². The van der Waals surface area contributed by atoms with Gasteiger partial charge in [0.25, 0.3) is 17.2 Å². The van der Waals surface area contributed by atoms with Crippen LogP contribution in [0.25, 0.3) is 0 Å². The summed E-state index contributed by atoms with van der Waals surface area (Å²) >= 11 is 4.21. The number of amides is 1. The number of nitrogens with one attached hydrogen (secondary N) is 1. The Kier molecular flexibility index (Phi) is 9.45. The van der Waals surface area contributed by atoms with Gasteiger partial charge in [0.2, 0.25) is 0 Å². The predicted molar refractivity (Wildman–Crippen MR) is 127 cm³/mol. The number of nitrogens with two attached hydrogens (primary N) is 1. The molecule has 1 aliphatic rings. The first-order chi connectivity index (χ1) is 15.9. The van der Waals surface area contributed by atoms with Gasteiger partial charge in [0.1, 0.15) is 11.6 Å². The molecule has 3 rings (SSSR count). The Morgan fingerprint density at radius 2 is 2.03 bits per heavy atom. The van der Waals surface area contributed by atoms with Crippen LogP contribution < -0.4 is 15.2 Å². The van der Waals surface area contributed by atoms with Gasteiger partial charge in [0.15, 0.2) is 6.61 Å². The molecule has 0 radical (unpaired) electrons. The van der Waals surface area contributed by atoms with Crippen molar-refractivity contribution in [2.45, 2.75) is 19.5 Å². The molecule has 180 valence electrons. The summed E-state index contributed by atoms with van der Waals surface area (Å²) in [6.45, 7) is 4.85. The largest absolute Gasteiger partial charge is 0.482 e. The number of rotatable bonds is 10. The zero-order chi connectivity index (χ0) is 23.8. The number of benzene rings is 2. The number of nitrogens with zero attached hydrogens (tertiary/aromatic N) is 2. The van der Waals surface area contributed by atoms with Crippen LogP contribution in [-0.2, 0) is 26.8 Å². The summed E-state index contributed by atoms with van der Waals surface area (Å²) in [6, 6.07) is 11.2. The molecule has 0 spiro atoms. The van der Waals surface area contributed by atoms with Crippen molar-refractivity contribution in [2.75, 3.05) is 44.1 Å². The summed E-state index contributed by atoms with van der Waals surface area (Å²) in [5.74, 6) is -0.0683. The van der Waals surface area contributed by atoms with Crippen molar-refractivity contribution >= 4 is 34.5 Å². The van der Waals surface area contributed by atoms with E-state index >= 15 is 0 Å². The lowest BCUT2D eigenvalue weighted by atomic mass is 10.1. The van der Waals surface area contributed by atoms with Crippen molar-refractivity contribution in [3.63, 3.8) is 0 Å². The number of halogens is 2. The molecule has 8 nitrogen and oxygen atoms in total. The minimum Gasteiger partial charge on any atom is -0.482 e. The standard InChI is InChI=1S/C22H28ClFN4O4S/c1-16-13-27(14-17-2-5-19(24)6-3-17)9-10-28(16)22(29)15-31-21-7-4-18(23)12-20(21)26-33(30)32-11-8-25/h2-7,12,16,26H,8-11,13-15,25H2,1H3. The number of piperazine rings is 1. The van der Waals surface area contributed by atoms with Crippen LogP contribution in [0.15, 0.2) is 42.5 Å². The van der Waals surface area contributed by atoms with Gasteiger partial charge in [-0.3, -0.25) is 18.6 Å². The van der Waals surface area contributed by atoms with Crippen LogP contribution in [0.3, 0.4) is 0 Å². The lowest BCUT2D eigenvalue weighted by Gasteiger charge is -2.39. The molecule has 1 aliphatic heterocycles. The van der Waals surface area contributed by atoms with Gasteiger partial charge in [0.05, 0.1) is 12.3 Å². The van der Waals surface area contributed by atoms with Crippen molar-refractivity contribution in [1.82, 2.24) is 9.80 Å². The minimum atomic E-state index is -1.83. The van der Waals surface area contributed by atoms with Gasteiger partial charge in [-0.15, -0.1) is 0 Å². The average Bonchev–Trinajstić information content (AvgIpc) is 2.78. The third-order valence-corrected chi connectivity index (χ3v) is 6.15. The van der Waals surface area contributed by atoms with E-state index < -0.39 is 11.3 Å². The lowest BCUT2D eigenvalue weighted by Crippen LogP contribution is -2.54. The molecule has 3 N–H and O–H groups in total. The Morgan fingerprint density at radius 1 is 1.27 bits per heavy atom. The van der Waals surface area contributed by atoms with Gasteiger partial charge >= 0.3 is 0 Å². The van der Waals surface area contributed by atoms with E-state index in [1.165, 1.54) is 12.1 Å². The molecule has 1 fully saturated rings. The maximum absolute atomic E-state index is 13.1. The molecule has 33 heavy (non-hydrogen) atoms. The Labute approximate surface area is 200 Å². The topological polar surface area (TPSA) is 97.1 Å². The first-order valence-electron chi connectivity index (χ1n) is 10.6. The smallest absolute Gasteiger partial charge is 0.262 e. The van der Waals surface area contributed by atoms with Crippen molar-refractivity contribution in [1.29, 1.82) is 0 Å². The van der Waals surface area contributed by atoms with E-state index in [9.17, 15) is 13.4 Å². The Balaban J connectivity index is 1.53. The Morgan fingerprint density at radius 3 is 2.73 bits per heavy atom. The number of hydrogen-bond donors (Lipinski definition) is 2. The van der Waals surface area contributed by atoms with Gasteiger partial charge < -0.3 is 15.4 Å². The molecule has 1 saturated heterocycles. The molecular formula is C22H28ClFN4O4S. The predicted octanol–water partition coefficient (Wildman–Crippen LogP) is 2.56. The molecule has 0 aliphatic carbocycles. The van der Waals surface area contributed by atoms with Crippen molar-refractivity contribution in [3.05, 3.63) is 58.9 Å². The minimum absolute atomic E-state index is 0.00437. The van der Waals surface area contributed by atoms with Crippen molar-refractivity contribution < 1.29 is 22.3 Å². The fourth-order valence-electron chi connectivity index (χ4n) is 3.57. The summed E-state index contributed by atoms with van der Waals surface area (Å²) in [5, 5.41) is 0.415. The van der Waals surface area contributed by atoms with Gasteiger partial charge in [-0.2, -0.15) is 0 Å². The maximum Gasteiger partial charge on any atom is 0.262 e. The van der Waals surface area contributed by atoms with E-state index in [0.717, 1.165) is 5.56 Å². The second-order valence-electron chi connectivity index (χ2n) is 7.67. The molecule has 0 saturated carbocycles. The van der Waals surface area contributed by atoms with Crippen LogP contribution in [0.5, 0.6) is 5.75 Å². The SMILES string of the molecule is CC1CN(Cc2ccc(F)cc2)CCN1C(=O)COc1ccc(Cl)cc1NS(=O)OCCN. The third kappa shape index (κ3) is 7.65. The zero-order valence-corrected chi connectivity index (χ0v) is 19.9. The Hall–Kier alpha value is -2.24. The normalized spacial score (nSPS) is 17.6. The summed E-state index contributed by atoms with van der Waals surface area (Å²) in [4.78, 5) is 16.8. The van der Waals surface area contributed by atoms with Crippen molar-refractivity contribution in [2.24, 2.45) is 5.73 Å². The highest BCUT2D eigenvalue weighted by atomic mass is 35.5. The number of ether oxygens (including phenoxy) is 1. The van der Waals surface area contributed by atoms with E-state index in [-0.39, 0.29) is 37.5 Å². The molecule has 1 amide bonds. The molecule has 0 bridgehead atoms.